The molecule has 0 saturated carbocycles. The van der Waals surface area contributed by atoms with Crippen LogP contribution in [0.5, 0.6) is 0 Å². The molecule has 1 amide bonds. The van der Waals surface area contributed by atoms with Crippen molar-refractivity contribution in [1.29, 1.82) is 0 Å². The van der Waals surface area contributed by atoms with Crippen molar-refractivity contribution >= 4 is 16.8 Å². The molecule has 1 unspecified atom stereocenters. The van der Waals surface area contributed by atoms with Gasteiger partial charge in [-0.05, 0) is 24.4 Å². The number of ether oxygens (including phenoxy) is 1. The number of hydrogen-bond acceptors (Lipinski definition) is 3. The molecule has 3 rings (SSSR count). The fraction of sp³-hybridized carbons (Fsp3) is 0.375. The number of benzene rings is 1. The monoisotopic (exact) mass is 286 g/mol. The first-order chi connectivity index (χ1) is 10.2. The number of carbonyl (C=O) groups is 1. The lowest BCUT2D eigenvalue weighted by atomic mass is 9.99. The van der Waals surface area contributed by atoms with Crippen molar-refractivity contribution in [2.45, 2.75) is 12.8 Å². The van der Waals surface area contributed by atoms with E-state index in [4.69, 9.17) is 4.74 Å². The Kier molecular flexibility index (Phi) is 3.75. The summed E-state index contributed by atoms with van der Waals surface area (Å²) in [7, 11) is 0. The van der Waals surface area contributed by atoms with E-state index in [9.17, 15) is 9.59 Å². The molecule has 1 fully saturated rings. The van der Waals surface area contributed by atoms with Crippen LogP contribution in [0.3, 0.4) is 0 Å². The first-order valence-electron chi connectivity index (χ1n) is 7.15. The van der Waals surface area contributed by atoms with E-state index in [2.05, 4.69) is 4.98 Å². The minimum atomic E-state index is -0.448. The van der Waals surface area contributed by atoms with Crippen LogP contribution >= 0.6 is 0 Å². The summed E-state index contributed by atoms with van der Waals surface area (Å²) in [6.07, 6.45) is 0. The number of rotatable bonds is 2. The molecule has 1 saturated heterocycles. The Labute approximate surface area is 122 Å². The Morgan fingerprint density at radius 3 is 2.76 bits per heavy atom. The van der Waals surface area contributed by atoms with E-state index in [1.807, 2.05) is 30.3 Å². The SMILES string of the molecule is CC(C(=O)N1CCOCC1)c1cc2ccccc2[nH]c1=O. The van der Waals surface area contributed by atoms with Gasteiger partial charge in [0.05, 0.1) is 19.1 Å². The van der Waals surface area contributed by atoms with Crippen LogP contribution in [0.4, 0.5) is 0 Å². The van der Waals surface area contributed by atoms with Gasteiger partial charge in [0.25, 0.3) is 5.56 Å². The number of hydrogen-bond donors (Lipinski definition) is 1. The van der Waals surface area contributed by atoms with Gasteiger partial charge in [-0.1, -0.05) is 18.2 Å². The number of fused-ring (bicyclic) bond motifs is 1. The standard InChI is InChI=1S/C16H18N2O3/c1-11(16(20)18-6-8-21-9-7-18)13-10-12-4-2-3-5-14(12)17-15(13)19/h2-5,10-11H,6-9H2,1H3,(H,17,19). The maximum absolute atomic E-state index is 12.5. The van der Waals surface area contributed by atoms with Gasteiger partial charge in [-0.25, -0.2) is 0 Å². The van der Waals surface area contributed by atoms with Gasteiger partial charge in [0.1, 0.15) is 0 Å². The zero-order valence-corrected chi connectivity index (χ0v) is 12.0. The maximum Gasteiger partial charge on any atom is 0.252 e. The fourth-order valence-corrected chi connectivity index (χ4v) is 2.68. The van der Waals surface area contributed by atoms with Crippen molar-refractivity contribution in [3.8, 4) is 0 Å². The van der Waals surface area contributed by atoms with Gasteiger partial charge in [-0.3, -0.25) is 9.59 Å². The highest BCUT2D eigenvalue weighted by Gasteiger charge is 2.25. The number of nitrogens with zero attached hydrogens (tertiary/aromatic N) is 1. The third kappa shape index (κ3) is 2.69. The largest absolute Gasteiger partial charge is 0.378 e. The topological polar surface area (TPSA) is 62.4 Å². The molecule has 1 aromatic carbocycles. The first-order valence-corrected chi connectivity index (χ1v) is 7.15. The normalized spacial score (nSPS) is 16.9. The number of morpholine rings is 1. The van der Waals surface area contributed by atoms with Crippen LogP contribution in [0.15, 0.2) is 35.1 Å². The summed E-state index contributed by atoms with van der Waals surface area (Å²) in [5.74, 6) is -0.462. The number of para-hydroxylation sites is 1. The zero-order chi connectivity index (χ0) is 14.8. The highest BCUT2D eigenvalue weighted by molar-refractivity contribution is 5.85. The lowest BCUT2D eigenvalue weighted by Crippen LogP contribution is -2.43. The van der Waals surface area contributed by atoms with Gasteiger partial charge in [0.2, 0.25) is 5.91 Å². The minimum absolute atomic E-state index is 0.0147. The highest BCUT2D eigenvalue weighted by atomic mass is 16.5. The Balaban J connectivity index is 1.93. The minimum Gasteiger partial charge on any atom is -0.378 e. The Morgan fingerprint density at radius 2 is 2.00 bits per heavy atom. The molecule has 5 heteroatoms. The second-order valence-electron chi connectivity index (χ2n) is 5.30. The molecule has 1 aromatic heterocycles. The summed E-state index contributed by atoms with van der Waals surface area (Å²) in [5.41, 5.74) is 1.12. The van der Waals surface area contributed by atoms with Gasteiger partial charge in [-0.15, -0.1) is 0 Å². The van der Waals surface area contributed by atoms with Gasteiger partial charge in [0.15, 0.2) is 0 Å². The van der Waals surface area contributed by atoms with E-state index in [1.165, 1.54) is 0 Å². The molecule has 0 aliphatic carbocycles. The smallest absolute Gasteiger partial charge is 0.252 e. The van der Waals surface area contributed by atoms with Crippen LogP contribution < -0.4 is 5.56 Å². The number of aromatic amines is 1. The molecule has 0 spiro atoms. The molecule has 1 aliphatic rings. The number of nitrogens with one attached hydrogen (secondary N) is 1. The van der Waals surface area contributed by atoms with Crippen LogP contribution in [0, 0.1) is 0 Å². The van der Waals surface area contributed by atoms with Crippen LogP contribution in [0.2, 0.25) is 0 Å². The third-order valence-electron chi connectivity index (χ3n) is 3.94. The summed E-state index contributed by atoms with van der Waals surface area (Å²) in [5, 5.41) is 0.939. The Hall–Kier alpha value is -2.14. The molecule has 21 heavy (non-hydrogen) atoms. The second kappa shape index (κ2) is 5.69. The number of carbonyl (C=O) groups excluding carboxylic acids is 1. The van der Waals surface area contributed by atoms with Crippen LogP contribution in [-0.2, 0) is 9.53 Å². The molecular weight excluding hydrogens is 268 g/mol. The molecule has 2 heterocycles. The van der Waals surface area contributed by atoms with Gasteiger partial charge in [-0.2, -0.15) is 0 Å². The quantitative estimate of drug-likeness (QED) is 0.910. The highest BCUT2D eigenvalue weighted by Crippen LogP contribution is 2.19. The molecule has 2 aromatic rings. The summed E-state index contributed by atoms with van der Waals surface area (Å²) in [6, 6.07) is 9.39. The number of amides is 1. The van der Waals surface area contributed by atoms with E-state index in [0.29, 0.717) is 31.9 Å². The molecule has 0 radical (unpaired) electrons. The molecule has 5 nitrogen and oxygen atoms in total. The van der Waals surface area contributed by atoms with Crippen molar-refractivity contribution in [3.63, 3.8) is 0 Å². The summed E-state index contributed by atoms with van der Waals surface area (Å²) in [6.45, 7) is 4.10. The maximum atomic E-state index is 12.5. The van der Waals surface area contributed by atoms with E-state index in [1.54, 1.807) is 11.8 Å². The van der Waals surface area contributed by atoms with Crippen molar-refractivity contribution in [2.24, 2.45) is 0 Å². The average Bonchev–Trinajstić information content (AvgIpc) is 2.53. The van der Waals surface area contributed by atoms with E-state index in [-0.39, 0.29) is 11.5 Å². The fourth-order valence-electron chi connectivity index (χ4n) is 2.68. The van der Waals surface area contributed by atoms with E-state index < -0.39 is 5.92 Å². The third-order valence-corrected chi connectivity index (χ3v) is 3.94. The van der Waals surface area contributed by atoms with Gasteiger partial charge < -0.3 is 14.6 Å². The molecule has 1 atom stereocenters. The molecular formula is C16H18N2O3. The predicted octanol–water partition coefficient (Wildman–Crippen LogP) is 1.49. The van der Waals surface area contributed by atoms with Gasteiger partial charge >= 0.3 is 0 Å². The summed E-state index contributed by atoms with van der Waals surface area (Å²) < 4.78 is 5.25. The van der Waals surface area contributed by atoms with E-state index in [0.717, 1.165) is 10.9 Å². The van der Waals surface area contributed by atoms with Crippen LogP contribution in [0.25, 0.3) is 10.9 Å². The first kappa shape index (κ1) is 13.8. The molecule has 1 aliphatic heterocycles. The van der Waals surface area contributed by atoms with Crippen LogP contribution in [0.1, 0.15) is 18.4 Å². The van der Waals surface area contributed by atoms with E-state index >= 15 is 0 Å². The molecule has 1 N–H and O–H groups in total. The van der Waals surface area contributed by atoms with Crippen LogP contribution in [-0.4, -0.2) is 42.1 Å². The van der Waals surface area contributed by atoms with Crippen molar-refractivity contribution in [1.82, 2.24) is 9.88 Å². The van der Waals surface area contributed by atoms with Crippen molar-refractivity contribution < 1.29 is 9.53 Å². The Morgan fingerprint density at radius 1 is 1.29 bits per heavy atom. The molecule has 0 bridgehead atoms. The molecule has 110 valence electrons. The van der Waals surface area contributed by atoms with Crippen molar-refractivity contribution in [3.05, 3.63) is 46.2 Å². The number of H-pyrrole nitrogens is 1. The number of aromatic nitrogens is 1. The Bertz CT molecular complexity index is 717. The average molecular weight is 286 g/mol. The lowest BCUT2D eigenvalue weighted by molar-refractivity contribution is -0.136. The van der Waals surface area contributed by atoms with Crippen molar-refractivity contribution in [2.75, 3.05) is 26.3 Å². The van der Waals surface area contributed by atoms with Gasteiger partial charge in [0, 0.05) is 24.2 Å². The second-order valence-corrected chi connectivity index (χ2v) is 5.30. The zero-order valence-electron chi connectivity index (χ0n) is 12.0. The lowest BCUT2D eigenvalue weighted by Gasteiger charge is -2.29. The summed E-state index contributed by atoms with van der Waals surface area (Å²) >= 11 is 0. The predicted molar refractivity (Wildman–Crippen MR) is 80.4 cm³/mol. The number of pyridine rings is 1. The summed E-state index contributed by atoms with van der Waals surface area (Å²) in [4.78, 5) is 29.3.